The van der Waals surface area contributed by atoms with Gasteiger partial charge in [-0.25, -0.2) is 0 Å². The Morgan fingerprint density at radius 3 is 0.886 bits per heavy atom. The fraction of sp³-hybridized carbons (Fsp3) is 0.667. The summed E-state index contributed by atoms with van der Waals surface area (Å²) < 4.78 is 35.7. The molecular weight excluding hydrogens is 476 g/mol. The molecule has 0 bridgehead atoms. The lowest BCUT2D eigenvalue weighted by Crippen LogP contribution is -2.57. The summed E-state index contributed by atoms with van der Waals surface area (Å²) in [5, 5.41) is 0. The van der Waals surface area contributed by atoms with Crippen molar-refractivity contribution in [2.24, 2.45) is 0 Å². The third-order valence-electron chi connectivity index (χ3n) is 3.82. The van der Waals surface area contributed by atoms with Crippen LogP contribution in [0.15, 0.2) is 0 Å². The average molecular weight is 506 g/mol. The lowest BCUT2D eigenvalue weighted by molar-refractivity contribution is -0.216. The van der Waals surface area contributed by atoms with Gasteiger partial charge in [0, 0.05) is 48.5 Å². The summed E-state index contributed by atoms with van der Waals surface area (Å²) in [6.45, 7) is 5.78. The molecule has 0 saturated heterocycles. The van der Waals surface area contributed by atoms with E-state index in [0.717, 1.165) is 48.5 Å². The molecule has 4 atom stereocenters. The van der Waals surface area contributed by atoms with E-state index in [9.17, 15) is 33.6 Å². The maximum atomic E-state index is 12.0. The van der Waals surface area contributed by atoms with Gasteiger partial charge < -0.3 is 33.2 Å². The largest absolute Gasteiger partial charge is 0.462 e. The molecule has 0 aromatic rings. The van der Waals surface area contributed by atoms with Crippen LogP contribution in [0, 0.1) is 0 Å². The van der Waals surface area contributed by atoms with Crippen LogP contribution in [0.1, 0.15) is 48.5 Å². The summed E-state index contributed by atoms with van der Waals surface area (Å²) in [6, 6.07) is 0. The third-order valence-corrected chi connectivity index (χ3v) is 3.82. The zero-order chi connectivity index (χ0) is 27.3. The molecule has 0 aromatic carbocycles. The van der Waals surface area contributed by atoms with E-state index in [2.05, 4.69) is 0 Å². The fourth-order valence-corrected chi connectivity index (χ4v) is 2.82. The van der Waals surface area contributed by atoms with Crippen molar-refractivity contribution in [2.45, 2.75) is 79.0 Å². The Hall–Kier alpha value is -3.71. The summed E-state index contributed by atoms with van der Waals surface area (Å²) in [4.78, 5) is 81.9. The van der Waals surface area contributed by atoms with Crippen LogP contribution in [0.25, 0.3) is 0 Å². The van der Waals surface area contributed by atoms with E-state index in [4.69, 9.17) is 33.2 Å². The second-order valence-corrected chi connectivity index (χ2v) is 7.12. The van der Waals surface area contributed by atoms with Crippen molar-refractivity contribution in [1.82, 2.24) is 0 Å². The van der Waals surface area contributed by atoms with Crippen LogP contribution in [0.2, 0.25) is 0 Å². The Balaban J connectivity index is 6.75. The monoisotopic (exact) mass is 506 g/mol. The molecule has 0 N–H and O–H groups in total. The predicted octanol–water partition coefficient (Wildman–Crippen LogP) is -0.229. The van der Waals surface area contributed by atoms with Gasteiger partial charge in [0.15, 0.2) is 30.5 Å². The van der Waals surface area contributed by atoms with E-state index in [-0.39, 0.29) is 0 Å². The van der Waals surface area contributed by atoms with Crippen molar-refractivity contribution in [3.63, 3.8) is 0 Å². The van der Waals surface area contributed by atoms with Gasteiger partial charge in [0.25, 0.3) is 0 Å². The van der Waals surface area contributed by atoms with Gasteiger partial charge >= 0.3 is 41.8 Å². The third kappa shape index (κ3) is 13.6. The van der Waals surface area contributed by atoms with E-state index in [1.54, 1.807) is 0 Å². The van der Waals surface area contributed by atoms with Crippen LogP contribution in [0.3, 0.4) is 0 Å². The standard InChI is InChI=1S/C21H30O14/c1-10(22)29-8-17(31-12(3)24)19(33-14(5)26)21(35-16(7)28)20(34-15(6)27)18(32-13(4)25)9-30-11(2)23/h17-21H,8-9H2,1-7H3/t17-,18-,19-,20-/m0/s1. The lowest BCUT2D eigenvalue weighted by atomic mass is 9.98. The molecule has 14 heteroatoms. The molecule has 0 unspecified atom stereocenters. The molecule has 0 amide bonds. The molecule has 35 heavy (non-hydrogen) atoms. The SMILES string of the molecule is CC(=O)OC[C@H](OC(C)=O)[C@H](OC(C)=O)C(OC(C)=O)[C@@H](OC(C)=O)[C@H](COC(C)=O)OC(C)=O. The van der Waals surface area contributed by atoms with Crippen LogP contribution < -0.4 is 0 Å². The lowest BCUT2D eigenvalue weighted by Gasteiger charge is -2.37. The zero-order valence-electron chi connectivity index (χ0n) is 20.5. The van der Waals surface area contributed by atoms with Crippen LogP contribution in [-0.2, 0) is 66.7 Å². The number of esters is 7. The Bertz CT molecular complexity index is 746. The maximum Gasteiger partial charge on any atom is 0.303 e. The normalized spacial score (nSPS) is 13.8. The van der Waals surface area contributed by atoms with Gasteiger partial charge in [0.1, 0.15) is 13.2 Å². The molecule has 0 heterocycles. The molecule has 0 spiro atoms. The first kappa shape index (κ1) is 31.3. The van der Waals surface area contributed by atoms with E-state index in [1.165, 1.54) is 0 Å². The van der Waals surface area contributed by atoms with E-state index in [0.29, 0.717) is 0 Å². The highest BCUT2D eigenvalue weighted by Gasteiger charge is 2.48. The van der Waals surface area contributed by atoms with Gasteiger partial charge in [-0.3, -0.25) is 33.6 Å². The predicted molar refractivity (Wildman–Crippen MR) is 111 cm³/mol. The van der Waals surface area contributed by atoms with E-state index >= 15 is 0 Å². The molecule has 0 radical (unpaired) electrons. The maximum absolute atomic E-state index is 12.0. The highest BCUT2D eigenvalue weighted by atomic mass is 16.7. The second kappa shape index (κ2) is 15.2. The Morgan fingerprint density at radius 2 is 0.657 bits per heavy atom. The summed E-state index contributed by atoms with van der Waals surface area (Å²) in [6.07, 6.45) is -8.39. The Kier molecular flexibility index (Phi) is 13.6. The van der Waals surface area contributed by atoms with E-state index in [1.807, 2.05) is 0 Å². The second-order valence-electron chi connectivity index (χ2n) is 7.12. The average Bonchev–Trinajstić information content (AvgIpc) is 2.68. The molecule has 198 valence electrons. The van der Waals surface area contributed by atoms with Gasteiger partial charge in [-0.1, -0.05) is 0 Å². The molecule has 14 nitrogen and oxygen atoms in total. The highest BCUT2D eigenvalue weighted by molar-refractivity contribution is 5.70. The summed E-state index contributed by atoms with van der Waals surface area (Å²) in [5.74, 6) is -6.19. The van der Waals surface area contributed by atoms with Crippen LogP contribution in [-0.4, -0.2) is 85.5 Å². The first-order valence-electron chi connectivity index (χ1n) is 10.3. The molecule has 0 aliphatic carbocycles. The molecular formula is C21H30O14. The van der Waals surface area contributed by atoms with Gasteiger partial charge in [-0.2, -0.15) is 0 Å². The number of carbonyl (C=O) groups is 7. The number of carbonyl (C=O) groups excluding carboxylic acids is 7. The van der Waals surface area contributed by atoms with Gasteiger partial charge in [0.05, 0.1) is 0 Å². The Labute approximate surface area is 201 Å². The van der Waals surface area contributed by atoms with Crippen molar-refractivity contribution < 1.29 is 66.7 Å². The fourth-order valence-electron chi connectivity index (χ4n) is 2.82. The summed E-state index contributed by atoms with van der Waals surface area (Å²) in [7, 11) is 0. The molecule has 0 rings (SSSR count). The minimum Gasteiger partial charge on any atom is -0.462 e. The van der Waals surface area contributed by atoms with Gasteiger partial charge in [-0.15, -0.1) is 0 Å². The zero-order valence-corrected chi connectivity index (χ0v) is 20.5. The Morgan fingerprint density at radius 1 is 0.400 bits per heavy atom. The van der Waals surface area contributed by atoms with Crippen molar-refractivity contribution in [3.8, 4) is 0 Å². The topological polar surface area (TPSA) is 184 Å². The van der Waals surface area contributed by atoms with Gasteiger partial charge in [0.2, 0.25) is 0 Å². The number of ether oxygens (including phenoxy) is 7. The number of rotatable bonds is 13. The first-order valence-corrected chi connectivity index (χ1v) is 10.3. The van der Waals surface area contributed by atoms with Crippen molar-refractivity contribution in [2.75, 3.05) is 13.2 Å². The summed E-state index contributed by atoms with van der Waals surface area (Å²) in [5.41, 5.74) is 0. The van der Waals surface area contributed by atoms with Crippen molar-refractivity contribution in [3.05, 3.63) is 0 Å². The van der Waals surface area contributed by atoms with E-state index < -0.39 is 85.5 Å². The van der Waals surface area contributed by atoms with Crippen molar-refractivity contribution in [1.29, 1.82) is 0 Å². The molecule has 0 aliphatic rings. The minimum absolute atomic E-state index is 0.653. The van der Waals surface area contributed by atoms with Crippen LogP contribution >= 0.6 is 0 Å². The molecule has 0 saturated carbocycles. The molecule has 0 aromatic heterocycles. The molecule has 0 aliphatic heterocycles. The van der Waals surface area contributed by atoms with Crippen LogP contribution in [0.4, 0.5) is 0 Å². The van der Waals surface area contributed by atoms with Crippen molar-refractivity contribution >= 4 is 41.8 Å². The molecule has 0 fully saturated rings. The minimum atomic E-state index is -1.79. The number of hydrogen-bond donors (Lipinski definition) is 0. The quantitative estimate of drug-likeness (QED) is 0.236. The highest BCUT2D eigenvalue weighted by Crippen LogP contribution is 2.24. The van der Waals surface area contributed by atoms with Crippen LogP contribution in [0.5, 0.6) is 0 Å². The smallest absolute Gasteiger partial charge is 0.303 e. The number of hydrogen-bond acceptors (Lipinski definition) is 14. The van der Waals surface area contributed by atoms with Gasteiger partial charge in [-0.05, 0) is 0 Å². The summed E-state index contributed by atoms with van der Waals surface area (Å²) >= 11 is 0. The first-order chi connectivity index (χ1) is 16.1.